The highest BCUT2D eigenvalue weighted by molar-refractivity contribution is 5.80. The van der Waals surface area contributed by atoms with Crippen molar-refractivity contribution in [2.45, 2.75) is 85.1 Å². The summed E-state index contributed by atoms with van der Waals surface area (Å²) >= 11 is 0. The molecule has 0 unspecified atom stereocenters. The molecule has 114 valence electrons. The summed E-state index contributed by atoms with van der Waals surface area (Å²) in [4.78, 5) is 11.3. The Balaban J connectivity index is 4.12. The van der Waals surface area contributed by atoms with Crippen LogP contribution in [0.15, 0.2) is 0 Å². The fraction of sp³-hybridized carbons (Fsp3) is 0.938. The Bertz CT molecular complexity index is 229. The fourth-order valence-electron chi connectivity index (χ4n) is 2.12. The molecular formula is C16H34N2O. The Morgan fingerprint density at radius 1 is 1.05 bits per heavy atom. The summed E-state index contributed by atoms with van der Waals surface area (Å²) in [5, 5.41) is 3.56. The third-order valence-corrected chi connectivity index (χ3v) is 3.81. The molecule has 0 aliphatic carbocycles. The van der Waals surface area contributed by atoms with Crippen molar-refractivity contribution in [1.82, 2.24) is 5.32 Å². The van der Waals surface area contributed by atoms with Gasteiger partial charge in [-0.3, -0.25) is 4.79 Å². The van der Waals surface area contributed by atoms with Crippen molar-refractivity contribution in [3.8, 4) is 0 Å². The highest BCUT2D eigenvalue weighted by Gasteiger charge is 2.25. The molecule has 0 atom stereocenters. The quantitative estimate of drug-likeness (QED) is 0.532. The maximum absolute atomic E-state index is 11.3. The van der Waals surface area contributed by atoms with Gasteiger partial charge in [0.2, 0.25) is 5.91 Å². The number of amides is 1. The van der Waals surface area contributed by atoms with Crippen LogP contribution in [0, 0.1) is 5.41 Å². The molecule has 0 saturated heterocycles. The molecule has 0 spiro atoms. The lowest BCUT2D eigenvalue weighted by Gasteiger charge is -2.26. The van der Waals surface area contributed by atoms with E-state index in [4.69, 9.17) is 5.73 Å². The smallest absolute Gasteiger partial charge is 0.224 e. The minimum absolute atomic E-state index is 0.221. The highest BCUT2D eigenvalue weighted by atomic mass is 16.1. The standard InChI is InChI=1S/C16H34N2O/c1-5-7-9-11-14(12-10-8-6-2)18-13-16(3,4)15(17)19/h14,18H,5-13H2,1-4H3,(H2,17,19). The van der Waals surface area contributed by atoms with Gasteiger partial charge >= 0.3 is 0 Å². The molecule has 3 nitrogen and oxygen atoms in total. The van der Waals surface area contributed by atoms with Crippen molar-refractivity contribution < 1.29 is 4.79 Å². The van der Waals surface area contributed by atoms with Crippen molar-refractivity contribution >= 4 is 5.91 Å². The number of rotatable bonds is 12. The van der Waals surface area contributed by atoms with Crippen LogP contribution in [0.5, 0.6) is 0 Å². The maximum atomic E-state index is 11.3. The molecule has 0 saturated carbocycles. The summed E-state index contributed by atoms with van der Waals surface area (Å²) in [5.74, 6) is -0.221. The lowest BCUT2D eigenvalue weighted by Crippen LogP contribution is -2.44. The summed E-state index contributed by atoms with van der Waals surface area (Å²) in [6.45, 7) is 8.98. The average Bonchev–Trinajstić information content (AvgIpc) is 2.35. The van der Waals surface area contributed by atoms with E-state index in [1.54, 1.807) is 0 Å². The Labute approximate surface area is 119 Å². The van der Waals surface area contributed by atoms with Gasteiger partial charge in [0, 0.05) is 12.6 Å². The van der Waals surface area contributed by atoms with Gasteiger partial charge in [-0.25, -0.2) is 0 Å². The van der Waals surface area contributed by atoms with Gasteiger partial charge in [-0.1, -0.05) is 52.4 Å². The number of hydrogen-bond acceptors (Lipinski definition) is 2. The zero-order valence-corrected chi connectivity index (χ0v) is 13.4. The van der Waals surface area contributed by atoms with Crippen molar-refractivity contribution in [1.29, 1.82) is 0 Å². The Morgan fingerprint density at radius 2 is 1.53 bits per heavy atom. The summed E-state index contributed by atoms with van der Waals surface area (Å²) in [5.41, 5.74) is 4.97. The van der Waals surface area contributed by atoms with Gasteiger partial charge in [0.15, 0.2) is 0 Å². The van der Waals surface area contributed by atoms with E-state index in [1.165, 1.54) is 51.4 Å². The summed E-state index contributed by atoms with van der Waals surface area (Å²) in [6, 6.07) is 0.539. The summed E-state index contributed by atoms with van der Waals surface area (Å²) in [6.07, 6.45) is 10.1. The molecule has 19 heavy (non-hydrogen) atoms. The number of hydrogen-bond donors (Lipinski definition) is 2. The van der Waals surface area contributed by atoms with Gasteiger partial charge < -0.3 is 11.1 Å². The molecule has 0 aliphatic heterocycles. The van der Waals surface area contributed by atoms with E-state index in [0.29, 0.717) is 12.6 Å². The van der Waals surface area contributed by atoms with Gasteiger partial charge in [0.05, 0.1) is 5.41 Å². The van der Waals surface area contributed by atoms with Crippen LogP contribution < -0.4 is 11.1 Å². The van der Waals surface area contributed by atoms with E-state index in [0.717, 1.165) is 0 Å². The second kappa shape index (κ2) is 10.2. The molecule has 0 aromatic rings. The van der Waals surface area contributed by atoms with Gasteiger partial charge in [0.1, 0.15) is 0 Å². The number of carbonyl (C=O) groups is 1. The van der Waals surface area contributed by atoms with Crippen molar-refractivity contribution in [3.63, 3.8) is 0 Å². The van der Waals surface area contributed by atoms with Crippen LogP contribution in [0.25, 0.3) is 0 Å². The van der Waals surface area contributed by atoms with Crippen LogP contribution in [0.3, 0.4) is 0 Å². The first-order chi connectivity index (χ1) is 8.94. The molecular weight excluding hydrogens is 236 g/mol. The fourth-order valence-corrected chi connectivity index (χ4v) is 2.12. The molecule has 3 N–H and O–H groups in total. The SMILES string of the molecule is CCCCCC(CCCCC)NCC(C)(C)C(N)=O. The minimum atomic E-state index is -0.451. The van der Waals surface area contributed by atoms with Crippen LogP contribution >= 0.6 is 0 Å². The minimum Gasteiger partial charge on any atom is -0.369 e. The molecule has 0 aliphatic rings. The van der Waals surface area contributed by atoms with Gasteiger partial charge in [-0.05, 0) is 26.7 Å². The van der Waals surface area contributed by atoms with Gasteiger partial charge in [-0.15, -0.1) is 0 Å². The molecule has 0 bridgehead atoms. The predicted molar refractivity (Wildman–Crippen MR) is 83.1 cm³/mol. The number of unbranched alkanes of at least 4 members (excludes halogenated alkanes) is 4. The topological polar surface area (TPSA) is 55.1 Å². The molecule has 1 amide bonds. The molecule has 3 heteroatoms. The Morgan fingerprint density at radius 3 is 1.89 bits per heavy atom. The lowest BCUT2D eigenvalue weighted by atomic mass is 9.91. The molecule has 0 heterocycles. The van der Waals surface area contributed by atoms with E-state index >= 15 is 0 Å². The van der Waals surface area contributed by atoms with Gasteiger partial charge in [-0.2, -0.15) is 0 Å². The Hall–Kier alpha value is -0.570. The third kappa shape index (κ3) is 9.04. The average molecular weight is 270 g/mol. The zero-order valence-electron chi connectivity index (χ0n) is 13.4. The van der Waals surface area contributed by atoms with Crippen molar-refractivity contribution in [2.24, 2.45) is 11.1 Å². The van der Waals surface area contributed by atoms with E-state index in [9.17, 15) is 4.79 Å². The first-order valence-electron chi connectivity index (χ1n) is 7.97. The summed E-state index contributed by atoms with van der Waals surface area (Å²) < 4.78 is 0. The monoisotopic (exact) mass is 270 g/mol. The van der Waals surface area contributed by atoms with E-state index in [-0.39, 0.29) is 5.91 Å². The predicted octanol–water partition coefficient (Wildman–Crippen LogP) is 3.62. The van der Waals surface area contributed by atoms with Crippen LogP contribution in [0.4, 0.5) is 0 Å². The molecule has 0 radical (unpaired) electrons. The number of nitrogens with two attached hydrogens (primary N) is 1. The number of primary amides is 1. The maximum Gasteiger partial charge on any atom is 0.224 e. The number of carbonyl (C=O) groups excluding carboxylic acids is 1. The van der Waals surface area contributed by atoms with E-state index in [2.05, 4.69) is 19.2 Å². The van der Waals surface area contributed by atoms with Crippen molar-refractivity contribution in [2.75, 3.05) is 6.54 Å². The first kappa shape index (κ1) is 18.4. The largest absolute Gasteiger partial charge is 0.369 e. The molecule has 0 fully saturated rings. The van der Waals surface area contributed by atoms with Crippen LogP contribution in [-0.4, -0.2) is 18.5 Å². The molecule has 0 aromatic carbocycles. The van der Waals surface area contributed by atoms with Crippen LogP contribution in [0.1, 0.15) is 79.1 Å². The first-order valence-corrected chi connectivity index (χ1v) is 7.97. The lowest BCUT2D eigenvalue weighted by molar-refractivity contribution is -0.125. The van der Waals surface area contributed by atoms with Crippen LogP contribution in [0.2, 0.25) is 0 Å². The summed E-state index contributed by atoms with van der Waals surface area (Å²) in [7, 11) is 0. The highest BCUT2D eigenvalue weighted by Crippen LogP contribution is 2.16. The van der Waals surface area contributed by atoms with Crippen LogP contribution in [-0.2, 0) is 4.79 Å². The Kier molecular flexibility index (Phi) is 9.94. The van der Waals surface area contributed by atoms with Gasteiger partial charge in [0.25, 0.3) is 0 Å². The second-order valence-electron chi connectivity index (χ2n) is 6.32. The third-order valence-electron chi connectivity index (χ3n) is 3.81. The normalized spacial score (nSPS) is 12.1. The number of nitrogens with one attached hydrogen (secondary N) is 1. The van der Waals surface area contributed by atoms with E-state index < -0.39 is 5.41 Å². The van der Waals surface area contributed by atoms with Crippen molar-refractivity contribution in [3.05, 3.63) is 0 Å². The molecule has 0 aromatic heterocycles. The second-order valence-corrected chi connectivity index (χ2v) is 6.32. The van der Waals surface area contributed by atoms with E-state index in [1.807, 2.05) is 13.8 Å². The zero-order chi connectivity index (χ0) is 14.7. The molecule has 0 rings (SSSR count).